The average Bonchev–Trinajstić information content (AvgIpc) is 3.30. The van der Waals surface area contributed by atoms with E-state index in [1.807, 2.05) is 55.0 Å². The van der Waals surface area contributed by atoms with E-state index in [0.29, 0.717) is 16.9 Å². The van der Waals surface area contributed by atoms with E-state index in [2.05, 4.69) is 15.6 Å². The fourth-order valence-electron chi connectivity index (χ4n) is 3.23. The van der Waals surface area contributed by atoms with Gasteiger partial charge in [-0.25, -0.2) is 4.98 Å². The molecule has 1 aromatic carbocycles. The number of nitrogens with one attached hydrogen (secondary N) is 2. The normalized spacial score (nSPS) is 13.4. The number of anilines is 2. The molecule has 2 aromatic heterocycles. The Labute approximate surface area is 167 Å². The van der Waals surface area contributed by atoms with E-state index in [1.165, 1.54) is 11.3 Å². The number of carbonyl (C=O) groups excluding carboxylic acids is 2. The molecule has 1 saturated carbocycles. The minimum atomic E-state index is -0.176. The molecule has 6 nitrogen and oxygen atoms in total. The van der Waals surface area contributed by atoms with Gasteiger partial charge in [0.05, 0.1) is 5.56 Å². The Hall–Kier alpha value is -2.93. The van der Waals surface area contributed by atoms with Crippen LogP contribution in [0.2, 0.25) is 0 Å². The number of aryl methyl sites for hydroxylation is 2. The van der Waals surface area contributed by atoms with Gasteiger partial charge in [-0.05, 0) is 57.4 Å². The molecule has 0 aliphatic heterocycles. The molecule has 2 amide bonds. The first kappa shape index (κ1) is 18.4. The minimum Gasteiger partial charge on any atom is -0.326 e. The van der Waals surface area contributed by atoms with Crippen molar-refractivity contribution < 1.29 is 9.59 Å². The first-order valence-corrected chi connectivity index (χ1v) is 10.1. The molecule has 2 heterocycles. The van der Waals surface area contributed by atoms with Gasteiger partial charge in [-0.2, -0.15) is 0 Å². The smallest absolute Gasteiger partial charge is 0.257 e. The van der Waals surface area contributed by atoms with Crippen LogP contribution >= 0.6 is 11.3 Å². The molecule has 7 heteroatoms. The highest BCUT2D eigenvalue weighted by molar-refractivity contribution is 7.12. The minimum absolute atomic E-state index is 0.0492. The van der Waals surface area contributed by atoms with Crippen LogP contribution in [-0.4, -0.2) is 21.4 Å². The number of amides is 2. The Morgan fingerprint density at radius 2 is 1.93 bits per heavy atom. The van der Waals surface area contributed by atoms with Crippen LogP contribution in [0.5, 0.6) is 0 Å². The summed E-state index contributed by atoms with van der Waals surface area (Å²) in [6.45, 7) is 5.81. The standard InChI is InChI=1S/C21H22N4O2S/c1-12-4-7-16(23-19(26)15-5-6-15)11-18(12)24-20(27)17-10-13(2)25(14(17)3)21-22-8-9-28-21/h4,7-11,15H,5-6H2,1-3H3,(H,23,26)(H,24,27). The summed E-state index contributed by atoms with van der Waals surface area (Å²) in [5.41, 5.74) is 4.75. The maximum atomic E-state index is 12.9. The number of hydrogen-bond donors (Lipinski definition) is 2. The predicted octanol–water partition coefficient (Wildman–Crippen LogP) is 4.46. The van der Waals surface area contributed by atoms with E-state index in [1.54, 1.807) is 6.20 Å². The summed E-state index contributed by atoms with van der Waals surface area (Å²) >= 11 is 1.53. The first-order chi connectivity index (χ1) is 13.4. The third-order valence-electron chi connectivity index (χ3n) is 4.99. The van der Waals surface area contributed by atoms with Gasteiger partial charge >= 0.3 is 0 Å². The van der Waals surface area contributed by atoms with Crippen molar-refractivity contribution in [1.82, 2.24) is 9.55 Å². The third kappa shape index (κ3) is 3.57. The summed E-state index contributed by atoms with van der Waals surface area (Å²) in [6.07, 6.45) is 3.66. The zero-order valence-electron chi connectivity index (χ0n) is 16.1. The Morgan fingerprint density at radius 3 is 2.61 bits per heavy atom. The quantitative estimate of drug-likeness (QED) is 0.671. The van der Waals surface area contributed by atoms with Crippen molar-refractivity contribution in [2.75, 3.05) is 10.6 Å². The molecule has 2 N–H and O–H groups in total. The molecule has 3 aromatic rings. The van der Waals surface area contributed by atoms with Crippen LogP contribution in [0, 0.1) is 26.7 Å². The van der Waals surface area contributed by atoms with Crippen LogP contribution in [0.25, 0.3) is 5.13 Å². The molecule has 4 rings (SSSR count). The molecule has 28 heavy (non-hydrogen) atoms. The Morgan fingerprint density at radius 1 is 1.14 bits per heavy atom. The lowest BCUT2D eigenvalue weighted by Crippen LogP contribution is -2.16. The third-order valence-corrected chi connectivity index (χ3v) is 5.74. The summed E-state index contributed by atoms with van der Waals surface area (Å²) < 4.78 is 1.98. The predicted molar refractivity (Wildman–Crippen MR) is 111 cm³/mol. The highest BCUT2D eigenvalue weighted by atomic mass is 32.1. The molecule has 0 atom stereocenters. The van der Waals surface area contributed by atoms with E-state index in [4.69, 9.17) is 0 Å². The monoisotopic (exact) mass is 394 g/mol. The lowest BCUT2D eigenvalue weighted by molar-refractivity contribution is -0.117. The van der Waals surface area contributed by atoms with Gasteiger partial charge < -0.3 is 10.6 Å². The second-order valence-electron chi connectivity index (χ2n) is 7.18. The average molecular weight is 395 g/mol. The van der Waals surface area contributed by atoms with Crippen LogP contribution in [0.3, 0.4) is 0 Å². The maximum Gasteiger partial charge on any atom is 0.257 e. The largest absolute Gasteiger partial charge is 0.326 e. The van der Waals surface area contributed by atoms with Crippen molar-refractivity contribution in [3.05, 3.63) is 58.4 Å². The van der Waals surface area contributed by atoms with Crippen LogP contribution in [0.15, 0.2) is 35.8 Å². The molecule has 0 spiro atoms. The molecular formula is C21H22N4O2S. The van der Waals surface area contributed by atoms with Crippen molar-refractivity contribution in [2.45, 2.75) is 33.6 Å². The van der Waals surface area contributed by atoms with E-state index >= 15 is 0 Å². The Balaban J connectivity index is 1.57. The van der Waals surface area contributed by atoms with Gasteiger partial charge in [0.25, 0.3) is 5.91 Å². The zero-order valence-corrected chi connectivity index (χ0v) is 16.9. The summed E-state index contributed by atoms with van der Waals surface area (Å²) in [4.78, 5) is 29.3. The molecule has 1 aliphatic carbocycles. The fourth-order valence-corrected chi connectivity index (χ4v) is 3.98. The number of nitrogens with zero attached hydrogens (tertiary/aromatic N) is 2. The topological polar surface area (TPSA) is 76.0 Å². The summed E-state index contributed by atoms with van der Waals surface area (Å²) in [6, 6.07) is 7.45. The second-order valence-corrected chi connectivity index (χ2v) is 8.06. The zero-order chi connectivity index (χ0) is 19.8. The van der Waals surface area contributed by atoms with Crippen LogP contribution in [0.1, 0.15) is 40.2 Å². The summed E-state index contributed by atoms with van der Waals surface area (Å²) in [5, 5.41) is 8.68. The van der Waals surface area contributed by atoms with E-state index < -0.39 is 0 Å². The van der Waals surface area contributed by atoms with Crippen molar-refractivity contribution in [2.24, 2.45) is 5.92 Å². The maximum absolute atomic E-state index is 12.9. The van der Waals surface area contributed by atoms with Gasteiger partial charge in [-0.3, -0.25) is 14.2 Å². The highest BCUT2D eigenvalue weighted by Crippen LogP contribution is 2.31. The SMILES string of the molecule is Cc1ccc(NC(=O)C2CC2)cc1NC(=O)c1cc(C)n(-c2nccs2)c1C. The molecule has 144 valence electrons. The Bertz CT molecular complexity index is 1050. The van der Waals surface area contributed by atoms with Gasteiger partial charge in [-0.15, -0.1) is 11.3 Å². The van der Waals surface area contributed by atoms with Crippen molar-refractivity contribution in [3.8, 4) is 5.13 Å². The molecular weight excluding hydrogens is 372 g/mol. The van der Waals surface area contributed by atoms with Crippen LogP contribution < -0.4 is 10.6 Å². The van der Waals surface area contributed by atoms with Crippen molar-refractivity contribution in [1.29, 1.82) is 0 Å². The first-order valence-electron chi connectivity index (χ1n) is 9.25. The van der Waals surface area contributed by atoms with Crippen LogP contribution in [0.4, 0.5) is 11.4 Å². The molecule has 1 aliphatic rings. The van der Waals surface area contributed by atoms with E-state index in [0.717, 1.165) is 34.9 Å². The van der Waals surface area contributed by atoms with Gasteiger partial charge in [-0.1, -0.05) is 6.07 Å². The van der Waals surface area contributed by atoms with Crippen LogP contribution in [-0.2, 0) is 4.79 Å². The second kappa shape index (κ2) is 7.24. The van der Waals surface area contributed by atoms with Gasteiger partial charge in [0, 0.05) is 40.3 Å². The van der Waals surface area contributed by atoms with E-state index in [9.17, 15) is 9.59 Å². The number of hydrogen-bond acceptors (Lipinski definition) is 4. The number of benzene rings is 1. The van der Waals surface area contributed by atoms with Gasteiger partial charge in [0.1, 0.15) is 0 Å². The lowest BCUT2D eigenvalue weighted by atomic mass is 10.1. The van der Waals surface area contributed by atoms with Crippen molar-refractivity contribution >= 4 is 34.5 Å². The van der Waals surface area contributed by atoms with Crippen molar-refractivity contribution in [3.63, 3.8) is 0 Å². The molecule has 0 radical (unpaired) electrons. The number of thiazole rings is 1. The number of aromatic nitrogens is 2. The fraction of sp³-hybridized carbons (Fsp3) is 0.286. The molecule has 0 unspecified atom stereocenters. The Kier molecular flexibility index (Phi) is 4.77. The number of rotatable bonds is 5. The lowest BCUT2D eigenvalue weighted by Gasteiger charge is -2.12. The van der Waals surface area contributed by atoms with E-state index in [-0.39, 0.29) is 17.7 Å². The number of carbonyl (C=O) groups is 2. The summed E-state index contributed by atoms with van der Waals surface area (Å²) in [5.74, 6) is 0.00777. The molecule has 0 saturated heterocycles. The highest BCUT2D eigenvalue weighted by Gasteiger charge is 2.29. The van der Waals surface area contributed by atoms with Gasteiger partial charge in [0.15, 0.2) is 5.13 Å². The molecule has 0 bridgehead atoms. The van der Waals surface area contributed by atoms with Gasteiger partial charge in [0.2, 0.25) is 5.91 Å². The summed E-state index contributed by atoms with van der Waals surface area (Å²) in [7, 11) is 0. The molecule has 1 fully saturated rings.